The predicted molar refractivity (Wildman–Crippen MR) is 116 cm³/mol. The van der Waals surface area contributed by atoms with Crippen molar-refractivity contribution in [1.82, 2.24) is 10.3 Å². The topological polar surface area (TPSA) is 80.3 Å². The SMILES string of the molecule is CCC(=O)Nc1ccc(C(C)NC(=O)c2ccnc(OCc3ccccc3)c2)cc1. The van der Waals surface area contributed by atoms with Gasteiger partial charge >= 0.3 is 0 Å². The molecule has 1 heterocycles. The van der Waals surface area contributed by atoms with Gasteiger partial charge in [0.25, 0.3) is 5.91 Å². The zero-order valence-corrected chi connectivity index (χ0v) is 17.1. The third-order valence-corrected chi connectivity index (χ3v) is 4.59. The summed E-state index contributed by atoms with van der Waals surface area (Å²) in [6, 6.07) is 20.3. The number of carbonyl (C=O) groups is 2. The third kappa shape index (κ3) is 5.91. The van der Waals surface area contributed by atoms with E-state index in [1.54, 1.807) is 25.3 Å². The van der Waals surface area contributed by atoms with Crippen LogP contribution in [0.5, 0.6) is 5.88 Å². The van der Waals surface area contributed by atoms with Gasteiger partial charge in [0, 0.05) is 29.9 Å². The lowest BCUT2D eigenvalue weighted by Gasteiger charge is -2.15. The maximum atomic E-state index is 12.7. The minimum Gasteiger partial charge on any atom is -0.473 e. The lowest BCUT2D eigenvalue weighted by Crippen LogP contribution is -2.26. The van der Waals surface area contributed by atoms with E-state index in [2.05, 4.69) is 15.6 Å². The first-order valence-electron chi connectivity index (χ1n) is 9.88. The Morgan fingerprint density at radius 1 is 1.03 bits per heavy atom. The molecule has 30 heavy (non-hydrogen) atoms. The molecule has 3 rings (SSSR count). The van der Waals surface area contributed by atoms with Crippen LogP contribution in [0.15, 0.2) is 72.9 Å². The summed E-state index contributed by atoms with van der Waals surface area (Å²) in [5.74, 6) is 0.153. The number of ether oxygens (including phenoxy) is 1. The highest BCUT2D eigenvalue weighted by molar-refractivity contribution is 5.94. The van der Waals surface area contributed by atoms with Gasteiger partial charge in [0.05, 0.1) is 6.04 Å². The molecule has 1 aromatic heterocycles. The van der Waals surface area contributed by atoms with Crippen molar-refractivity contribution in [3.63, 3.8) is 0 Å². The zero-order valence-electron chi connectivity index (χ0n) is 17.1. The number of nitrogens with one attached hydrogen (secondary N) is 2. The summed E-state index contributed by atoms with van der Waals surface area (Å²) in [6.07, 6.45) is 1.99. The van der Waals surface area contributed by atoms with Crippen molar-refractivity contribution in [2.45, 2.75) is 32.9 Å². The first-order valence-corrected chi connectivity index (χ1v) is 9.88. The number of hydrogen-bond acceptors (Lipinski definition) is 4. The molecule has 1 unspecified atom stereocenters. The van der Waals surface area contributed by atoms with Crippen molar-refractivity contribution in [1.29, 1.82) is 0 Å². The van der Waals surface area contributed by atoms with E-state index in [0.717, 1.165) is 16.8 Å². The van der Waals surface area contributed by atoms with E-state index in [1.165, 1.54) is 0 Å². The van der Waals surface area contributed by atoms with Crippen molar-refractivity contribution in [2.24, 2.45) is 0 Å². The molecule has 0 aliphatic carbocycles. The molecule has 0 saturated heterocycles. The molecule has 0 saturated carbocycles. The van der Waals surface area contributed by atoms with E-state index in [9.17, 15) is 9.59 Å². The number of benzene rings is 2. The van der Waals surface area contributed by atoms with E-state index >= 15 is 0 Å². The number of pyridine rings is 1. The van der Waals surface area contributed by atoms with Crippen LogP contribution >= 0.6 is 0 Å². The standard InChI is InChI=1S/C24H25N3O3/c1-3-22(28)27-21-11-9-19(10-12-21)17(2)26-24(29)20-13-14-25-23(15-20)30-16-18-7-5-4-6-8-18/h4-15,17H,3,16H2,1-2H3,(H,26,29)(H,27,28). The summed E-state index contributed by atoms with van der Waals surface area (Å²) in [4.78, 5) is 28.3. The molecule has 154 valence electrons. The van der Waals surface area contributed by atoms with Crippen molar-refractivity contribution >= 4 is 17.5 Å². The van der Waals surface area contributed by atoms with Crippen LogP contribution in [-0.4, -0.2) is 16.8 Å². The maximum absolute atomic E-state index is 12.7. The Labute approximate surface area is 176 Å². The summed E-state index contributed by atoms with van der Waals surface area (Å²) < 4.78 is 5.70. The minimum atomic E-state index is -0.210. The van der Waals surface area contributed by atoms with Gasteiger partial charge in [-0.25, -0.2) is 4.98 Å². The number of amides is 2. The summed E-state index contributed by atoms with van der Waals surface area (Å²) >= 11 is 0. The number of rotatable bonds is 8. The van der Waals surface area contributed by atoms with Gasteiger partial charge in [-0.1, -0.05) is 49.4 Å². The summed E-state index contributed by atoms with van der Waals surface area (Å²) in [5, 5.41) is 5.78. The van der Waals surface area contributed by atoms with Crippen molar-refractivity contribution in [2.75, 3.05) is 5.32 Å². The minimum absolute atomic E-state index is 0.0351. The van der Waals surface area contributed by atoms with Crippen molar-refractivity contribution in [3.8, 4) is 5.88 Å². The van der Waals surface area contributed by atoms with Crippen LogP contribution < -0.4 is 15.4 Å². The monoisotopic (exact) mass is 403 g/mol. The largest absolute Gasteiger partial charge is 0.473 e. The Hall–Kier alpha value is -3.67. The fourth-order valence-corrected chi connectivity index (χ4v) is 2.83. The predicted octanol–water partition coefficient (Wildman–Crippen LogP) is 4.50. The van der Waals surface area contributed by atoms with E-state index in [-0.39, 0.29) is 17.9 Å². The Balaban J connectivity index is 1.59. The van der Waals surface area contributed by atoms with E-state index in [4.69, 9.17) is 4.74 Å². The molecular formula is C24H25N3O3. The Morgan fingerprint density at radius 2 is 1.77 bits per heavy atom. The first-order chi connectivity index (χ1) is 14.5. The lowest BCUT2D eigenvalue weighted by molar-refractivity contribution is -0.115. The Morgan fingerprint density at radius 3 is 2.47 bits per heavy atom. The van der Waals surface area contributed by atoms with Gasteiger partial charge in [0.15, 0.2) is 0 Å². The Bertz CT molecular complexity index is 988. The summed E-state index contributed by atoms with van der Waals surface area (Å²) in [5.41, 5.74) is 3.18. The normalized spacial score (nSPS) is 11.4. The molecular weight excluding hydrogens is 378 g/mol. The maximum Gasteiger partial charge on any atom is 0.252 e. The first kappa shape index (κ1) is 21.0. The molecule has 6 nitrogen and oxygen atoms in total. The lowest BCUT2D eigenvalue weighted by atomic mass is 10.1. The number of hydrogen-bond donors (Lipinski definition) is 2. The van der Waals surface area contributed by atoms with Gasteiger partial charge in [-0.05, 0) is 36.2 Å². The van der Waals surface area contributed by atoms with Gasteiger partial charge in [0.1, 0.15) is 6.61 Å². The van der Waals surface area contributed by atoms with Gasteiger partial charge in [-0.3, -0.25) is 9.59 Å². The molecule has 0 fully saturated rings. The molecule has 2 amide bonds. The van der Waals surface area contributed by atoms with Gasteiger partial charge in [0.2, 0.25) is 11.8 Å². The fraction of sp³-hybridized carbons (Fsp3) is 0.208. The van der Waals surface area contributed by atoms with Crippen molar-refractivity contribution < 1.29 is 14.3 Å². The number of nitrogens with zero attached hydrogens (tertiary/aromatic N) is 1. The van der Waals surface area contributed by atoms with E-state index in [0.29, 0.717) is 24.5 Å². The molecule has 0 aliphatic heterocycles. The van der Waals surface area contributed by atoms with Gasteiger partial charge in [-0.2, -0.15) is 0 Å². The summed E-state index contributed by atoms with van der Waals surface area (Å²) in [7, 11) is 0. The van der Waals surface area contributed by atoms with Crippen LogP contribution in [0.4, 0.5) is 5.69 Å². The van der Waals surface area contributed by atoms with Crippen LogP contribution in [0.2, 0.25) is 0 Å². The van der Waals surface area contributed by atoms with Gasteiger partial charge < -0.3 is 15.4 Å². The fourth-order valence-electron chi connectivity index (χ4n) is 2.83. The second-order valence-corrected chi connectivity index (χ2v) is 6.88. The molecule has 1 atom stereocenters. The average molecular weight is 403 g/mol. The summed E-state index contributed by atoms with van der Waals surface area (Å²) in [6.45, 7) is 4.10. The zero-order chi connectivity index (χ0) is 21.3. The third-order valence-electron chi connectivity index (χ3n) is 4.59. The molecule has 3 aromatic rings. The second kappa shape index (κ2) is 10.2. The quantitative estimate of drug-likeness (QED) is 0.580. The highest BCUT2D eigenvalue weighted by atomic mass is 16.5. The number of anilines is 1. The molecule has 2 N–H and O–H groups in total. The highest BCUT2D eigenvalue weighted by Crippen LogP contribution is 2.18. The number of carbonyl (C=O) groups excluding carboxylic acids is 2. The Kier molecular flexibility index (Phi) is 7.16. The smallest absolute Gasteiger partial charge is 0.252 e. The molecule has 0 aliphatic rings. The van der Waals surface area contributed by atoms with Crippen LogP contribution in [-0.2, 0) is 11.4 Å². The molecule has 0 spiro atoms. The van der Waals surface area contributed by atoms with Crippen LogP contribution in [0.3, 0.4) is 0 Å². The average Bonchev–Trinajstić information content (AvgIpc) is 2.79. The molecule has 0 radical (unpaired) electrons. The van der Waals surface area contributed by atoms with Gasteiger partial charge in [-0.15, -0.1) is 0 Å². The van der Waals surface area contributed by atoms with Crippen LogP contribution in [0.25, 0.3) is 0 Å². The van der Waals surface area contributed by atoms with E-state index in [1.807, 2.05) is 61.5 Å². The second-order valence-electron chi connectivity index (χ2n) is 6.88. The molecule has 2 aromatic carbocycles. The molecule has 0 bridgehead atoms. The van der Waals surface area contributed by atoms with E-state index < -0.39 is 0 Å². The van der Waals surface area contributed by atoms with Crippen LogP contribution in [0.1, 0.15) is 47.8 Å². The van der Waals surface area contributed by atoms with Crippen LogP contribution in [0, 0.1) is 0 Å². The van der Waals surface area contributed by atoms with Crippen molar-refractivity contribution in [3.05, 3.63) is 89.6 Å². The highest BCUT2D eigenvalue weighted by Gasteiger charge is 2.13. The molecule has 6 heteroatoms. The number of aromatic nitrogens is 1.